The molecule has 10 heteroatoms. The molecule has 7 nitrogen and oxygen atoms in total. The number of primary amides is 1. The van der Waals surface area contributed by atoms with Gasteiger partial charge in [0.1, 0.15) is 16.1 Å². The molecule has 1 heterocycles. The Kier molecular flexibility index (Phi) is 4.91. The van der Waals surface area contributed by atoms with Gasteiger partial charge in [-0.3, -0.25) is 9.59 Å². The Hall–Kier alpha value is -1.65. The molecule has 3 unspecified atom stereocenters. The lowest BCUT2D eigenvalue weighted by Gasteiger charge is -2.61. The monoisotopic (exact) mass is 467 g/mol. The molecule has 1 aromatic rings. The van der Waals surface area contributed by atoms with Crippen molar-refractivity contribution in [2.24, 2.45) is 23.0 Å². The number of halogens is 1. The first kappa shape index (κ1) is 21.2. The molecule has 4 saturated carbocycles. The Morgan fingerprint density at radius 1 is 1.16 bits per heavy atom. The molecule has 4 aliphatic carbocycles. The number of thioether (sulfide) groups is 1. The second kappa shape index (κ2) is 7.18. The summed E-state index contributed by atoms with van der Waals surface area (Å²) < 4.78 is 41.5. The van der Waals surface area contributed by atoms with Crippen LogP contribution in [0.2, 0.25) is 0 Å². The van der Waals surface area contributed by atoms with Crippen LogP contribution >= 0.6 is 11.8 Å². The van der Waals surface area contributed by atoms with Gasteiger partial charge < -0.3 is 11.1 Å². The summed E-state index contributed by atoms with van der Waals surface area (Å²) in [6.45, 7) is 0.142. The van der Waals surface area contributed by atoms with Crippen molar-refractivity contribution >= 4 is 33.6 Å². The summed E-state index contributed by atoms with van der Waals surface area (Å²) in [5.74, 6) is -0.354. The van der Waals surface area contributed by atoms with Crippen molar-refractivity contribution in [3.05, 3.63) is 30.1 Å². The highest BCUT2D eigenvalue weighted by Crippen LogP contribution is 2.61. The van der Waals surface area contributed by atoms with Gasteiger partial charge in [0.25, 0.3) is 0 Å². The fourth-order valence-corrected chi connectivity index (χ4v) is 9.85. The summed E-state index contributed by atoms with van der Waals surface area (Å²) in [5.41, 5.74) is 4.69. The maximum Gasteiger partial charge on any atom is 0.249 e. The summed E-state index contributed by atoms with van der Waals surface area (Å²) in [6, 6.07) is 5.22. The summed E-state index contributed by atoms with van der Waals surface area (Å²) in [7, 11) is -4.15. The Morgan fingerprint density at radius 2 is 1.84 bits per heavy atom. The normalized spacial score (nSPS) is 37.1. The standard InChI is InChI=1S/C21H26FN3O4S2/c22-15-3-1-2-4-16(15)31(28,29)25-5-6-30-18(25)17(26)24-21-10-13-7-14(11-21)9-20(8-13,12-21)19(23)27/h1-4,13-14,18H,5-12H2,(H2,23,27)(H,24,26). The predicted octanol–water partition coefficient (Wildman–Crippen LogP) is 1.83. The number of rotatable bonds is 5. The lowest BCUT2D eigenvalue weighted by Crippen LogP contribution is -2.66. The molecule has 4 bridgehead atoms. The van der Waals surface area contributed by atoms with E-state index in [9.17, 15) is 22.4 Å². The smallest absolute Gasteiger partial charge is 0.249 e. The third-order valence-corrected chi connectivity index (χ3v) is 10.7. The van der Waals surface area contributed by atoms with Gasteiger partial charge in [-0.15, -0.1) is 11.8 Å². The highest BCUT2D eigenvalue weighted by Gasteiger charge is 2.61. The second-order valence-electron chi connectivity index (χ2n) is 9.64. The van der Waals surface area contributed by atoms with Gasteiger partial charge in [0.2, 0.25) is 21.8 Å². The molecule has 5 fully saturated rings. The number of benzene rings is 1. The zero-order chi connectivity index (χ0) is 22.0. The van der Waals surface area contributed by atoms with E-state index < -0.39 is 37.1 Å². The average Bonchev–Trinajstić information content (AvgIpc) is 3.18. The van der Waals surface area contributed by atoms with Gasteiger partial charge in [0.15, 0.2) is 0 Å². The van der Waals surface area contributed by atoms with Crippen LogP contribution < -0.4 is 11.1 Å². The molecule has 3 N–H and O–H groups in total. The number of sulfonamides is 1. The molecule has 3 atom stereocenters. The van der Waals surface area contributed by atoms with Crippen LogP contribution in [0.4, 0.5) is 4.39 Å². The molecule has 0 spiro atoms. The van der Waals surface area contributed by atoms with Crippen LogP contribution in [0.1, 0.15) is 38.5 Å². The molecule has 1 aliphatic heterocycles. The maximum absolute atomic E-state index is 14.2. The van der Waals surface area contributed by atoms with Crippen molar-refractivity contribution in [3.63, 3.8) is 0 Å². The molecular formula is C21H26FN3O4S2. The summed E-state index contributed by atoms with van der Waals surface area (Å²) in [6.07, 6.45) is 4.72. The SMILES string of the molecule is NC(=O)C12CC3CC(CC(NC(=O)C4SCCN4S(=O)(=O)c4ccccc4F)(C3)C1)C2. The fourth-order valence-electron chi connectivity index (χ4n) is 6.71. The number of nitrogens with one attached hydrogen (secondary N) is 1. The third kappa shape index (κ3) is 3.38. The molecule has 0 radical (unpaired) electrons. The topological polar surface area (TPSA) is 110 Å². The van der Waals surface area contributed by atoms with Gasteiger partial charge >= 0.3 is 0 Å². The number of carbonyl (C=O) groups excluding carboxylic acids is 2. The van der Waals surface area contributed by atoms with Gasteiger partial charge in [-0.2, -0.15) is 4.31 Å². The molecule has 0 aromatic heterocycles. The first-order valence-corrected chi connectivity index (χ1v) is 13.1. The lowest BCUT2D eigenvalue weighted by atomic mass is 9.46. The molecule has 1 saturated heterocycles. The highest BCUT2D eigenvalue weighted by molar-refractivity contribution is 8.02. The minimum absolute atomic E-state index is 0.142. The van der Waals surface area contributed by atoms with Crippen LogP contribution in [-0.2, 0) is 19.6 Å². The van der Waals surface area contributed by atoms with E-state index in [-0.39, 0.29) is 18.4 Å². The molecule has 6 rings (SSSR count). The van der Waals surface area contributed by atoms with Crippen LogP contribution in [0, 0.1) is 23.1 Å². The van der Waals surface area contributed by atoms with E-state index in [1.807, 2.05) is 0 Å². The number of nitrogens with zero attached hydrogens (tertiary/aromatic N) is 1. The van der Waals surface area contributed by atoms with Crippen molar-refractivity contribution in [2.75, 3.05) is 12.3 Å². The zero-order valence-corrected chi connectivity index (χ0v) is 18.7. The van der Waals surface area contributed by atoms with E-state index in [4.69, 9.17) is 5.73 Å². The minimum atomic E-state index is -4.15. The van der Waals surface area contributed by atoms with E-state index in [1.54, 1.807) is 0 Å². The quantitative estimate of drug-likeness (QED) is 0.687. The van der Waals surface area contributed by atoms with Gasteiger partial charge in [-0.25, -0.2) is 12.8 Å². The van der Waals surface area contributed by atoms with Crippen molar-refractivity contribution in [2.45, 2.75) is 54.3 Å². The van der Waals surface area contributed by atoms with E-state index in [0.717, 1.165) is 42.5 Å². The molecular weight excluding hydrogens is 441 g/mol. The average molecular weight is 468 g/mol. The van der Waals surface area contributed by atoms with Gasteiger partial charge in [-0.1, -0.05) is 12.1 Å². The number of amides is 2. The second-order valence-corrected chi connectivity index (χ2v) is 12.7. The third-order valence-electron chi connectivity index (χ3n) is 7.47. The molecule has 5 aliphatic rings. The number of hydrogen-bond donors (Lipinski definition) is 2. The number of carbonyl (C=O) groups is 2. The summed E-state index contributed by atoms with van der Waals surface area (Å²) >= 11 is 1.24. The highest BCUT2D eigenvalue weighted by atomic mass is 32.2. The minimum Gasteiger partial charge on any atom is -0.369 e. The van der Waals surface area contributed by atoms with Crippen LogP contribution in [-0.4, -0.2) is 47.7 Å². The Balaban J connectivity index is 1.39. The van der Waals surface area contributed by atoms with Gasteiger partial charge in [-0.05, 0) is 62.5 Å². The summed E-state index contributed by atoms with van der Waals surface area (Å²) in [5, 5.41) is 2.19. The first-order chi connectivity index (χ1) is 14.6. The molecule has 1 aromatic carbocycles. The Bertz CT molecular complexity index is 1030. The largest absolute Gasteiger partial charge is 0.369 e. The van der Waals surface area contributed by atoms with E-state index in [1.165, 1.54) is 30.0 Å². The number of nitrogens with two attached hydrogens (primary N) is 1. The number of hydrogen-bond acceptors (Lipinski definition) is 5. The fraction of sp³-hybridized carbons (Fsp3) is 0.619. The molecule has 168 valence electrons. The maximum atomic E-state index is 14.2. The van der Waals surface area contributed by atoms with Crippen LogP contribution in [0.5, 0.6) is 0 Å². The van der Waals surface area contributed by atoms with Gasteiger partial charge in [0.05, 0.1) is 5.41 Å². The van der Waals surface area contributed by atoms with E-state index in [2.05, 4.69) is 5.32 Å². The van der Waals surface area contributed by atoms with Crippen molar-refractivity contribution < 1.29 is 22.4 Å². The van der Waals surface area contributed by atoms with Crippen molar-refractivity contribution in [1.82, 2.24) is 9.62 Å². The molecule has 2 amide bonds. The van der Waals surface area contributed by atoms with Crippen LogP contribution in [0.3, 0.4) is 0 Å². The zero-order valence-electron chi connectivity index (χ0n) is 17.1. The van der Waals surface area contributed by atoms with Crippen LogP contribution in [0.15, 0.2) is 29.2 Å². The van der Waals surface area contributed by atoms with E-state index in [0.29, 0.717) is 24.0 Å². The summed E-state index contributed by atoms with van der Waals surface area (Å²) in [4.78, 5) is 25.2. The predicted molar refractivity (Wildman–Crippen MR) is 114 cm³/mol. The Morgan fingerprint density at radius 3 is 2.48 bits per heavy atom. The van der Waals surface area contributed by atoms with Crippen LogP contribution in [0.25, 0.3) is 0 Å². The first-order valence-electron chi connectivity index (χ1n) is 10.6. The van der Waals surface area contributed by atoms with Crippen molar-refractivity contribution in [1.29, 1.82) is 0 Å². The lowest BCUT2D eigenvalue weighted by molar-refractivity contribution is -0.150. The van der Waals surface area contributed by atoms with Gasteiger partial charge in [0, 0.05) is 17.8 Å². The molecule has 31 heavy (non-hydrogen) atoms. The Labute approximate surface area is 185 Å². The van der Waals surface area contributed by atoms with Crippen molar-refractivity contribution in [3.8, 4) is 0 Å². The van der Waals surface area contributed by atoms with E-state index >= 15 is 0 Å².